The highest BCUT2D eigenvalue weighted by Gasteiger charge is 2.10. The number of carbonyl (C=O) groups excluding carboxylic acids is 1. The molecule has 0 aliphatic heterocycles. The van der Waals surface area contributed by atoms with E-state index in [1.54, 1.807) is 0 Å². The SMILES string of the molecule is Cl.NCCOCCNC(=O)Nc1c(F)cccc1F. The summed E-state index contributed by atoms with van der Waals surface area (Å²) in [6.45, 7) is 1.30. The Balaban J connectivity index is 0.00000324. The van der Waals surface area contributed by atoms with E-state index < -0.39 is 23.4 Å². The molecule has 0 bridgehead atoms. The number of hydrogen-bond acceptors (Lipinski definition) is 3. The molecule has 0 radical (unpaired) electrons. The molecule has 0 aliphatic carbocycles. The van der Waals surface area contributed by atoms with E-state index in [2.05, 4.69) is 10.6 Å². The number of ether oxygens (including phenoxy) is 1. The molecular weight excluding hydrogens is 280 g/mol. The van der Waals surface area contributed by atoms with E-state index in [1.807, 2.05) is 0 Å². The van der Waals surface area contributed by atoms with Crippen molar-refractivity contribution in [3.8, 4) is 0 Å². The van der Waals surface area contributed by atoms with E-state index in [0.29, 0.717) is 13.2 Å². The van der Waals surface area contributed by atoms with Crippen LogP contribution < -0.4 is 16.4 Å². The lowest BCUT2D eigenvalue weighted by molar-refractivity contribution is 0.144. The Morgan fingerprint density at radius 1 is 1.26 bits per heavy atom. The highest BCUT2D eigenvalue weighted by molar-refractivity contribution is 5.89. The van der Waals surface area contributed by atoms with Gasteiger partial charge in [0, 0.05) is 13.1 Å². The van der Waals surface area contributed by atoms with Crippen molar-refractivity contribution >= 4 is 24.1 Å². The van der Waals surface area contributed by atoms with Gasteiger partial charge in [-0.3, -0.25) is 0 Å². The minimum Gasteiger partial charge on any atom is -0.378 e. The normalized spacial score (nSPS) is 9.63. The quantitative estimate of drug-likeness (QED) is 0.696. The van der Waals surface area contributed by atoms with E-state index >= 15 is 0 Å². The first-order chi connectivity index (χ1) is 8.65. The first-order valence-corrected chi connectivity index (χ1v) is 5.42. The zero-order valence-electron chi connectivity index (χ0n) is 10.1. The summed E-state index contributed by atoms with van der Waals surface area (Å²) in [6.07, 6.45) is 0. The summed E-state index contributed by atoms with van der Waals surface area (Å²) in [5.74, 6) is -1.66. The van der Waals surface area contributed by atoms with Gasteiger partial charge < -0.3 is 21.1 Å². The highest BCUT2D eigenvalue weighted by Crippen LogP contribution is 2.17. The topological polar surface area (TPSA) is 76.4 Å². The molecule has 0 aromatic heterocycles. The van der Waals surface area contributed by atoms with Crippen molar-refractivity contribution in [3.63, 3.8) is 0 Å². The Morgan fingerprint density at radius 3 is 2.47 bits per heavy atom. The number of amides is 2. The van der Waals surface area contributed by atoms with Crippen molar-refractivity contribution in [2.24, 2.45) is 5.73 Å². The maximum absolute atomic E-state index is 13.2. The minimum atomic E-state index is -0.829. The molecule has 0 saturated heterocycles. The first kappa shape index (κ1) is 17.6. The predicted octanol–water partition coefficient (Wildman–Crippen LogP) is 1.48. The van der Waals surface area contributed by atoms with Crippen molar-refractivity contribution in [1.29, 1.82) is 0 Å². The zero-order chi connectivity index (χ0) is 13.4. The monoisotopic (exact) mass is 295 g/mol. The van der Waals surface area contributed by atoms with Gasteiger partial charge >= 0.3 is 6.03 Å². The van der Waals surface area contributed by atoms with Crippen LogP contribution in [-0.4, -0.2) is 32.3 Å². The Bertz CT molecular complexity index is 387. The molecule has 0 saturated carbocycles. The molecule has 8 heteroatoms. The van der Waals surface area contributed by atoms with E-state index in [1.165, 1.54) is 6.07 Å². The molecule has 1 aromatic carbocycles. The van der Waals surface area contributed by atoms with Crippen LogP contribution in [0.3, 0.4) is 0 Å². The van der Waals surface area contributed by atoms with Crippen LogP contribution in [0.5, 0.6) is 0 Å². The molecular formula is C11H16ClF2N3O2. The summed E-state index contributed by atoms with van der Waals surface area (Å²) in [7, 11) is 0. The van der Waals surface area contributed by atoms with Gasteiger partial charge in [0.1, 0.15) is 17.3 Å². The van der Waals surface area contributed by atoms with E-state index in [4.69, 9.17) is 10.5 Å². The van der Waals surface area contributed by atoms with Gasteiger partial charge in [-0.1, -0.05) is 6.07 Å². The number of nitrogens with one attached hydrogen (secondary N) is 2. The third-order valence-electron chi connectivity index (χ3n) is 2.00. The maximum atomic E-state index is 13.2. The van der Waals surface area contributed by atoms with Gasteiger partial charge in [0.15, 0.2) is 0 Å². The lowest BCUT2D eigenvalue weighted by Gasteiger charge is -2.09. The standard InChI is InChI=1S/C11H15F2N3O2.ClH/c12-8-2-1-3-9(13)10(8)16-11(17)15-5-7-18-6-4-14;/h1-3H,4-7,14H2,(H2,15,16,17);1H. The second kappa shape index (κ2) is 9.48. The van der Waals surface area contributed by atoms with Crippen molar-refractivity contribution in [3.05, 3.63) is 29.8 Å². The van der Waals surface area contributed by atoms with Crippen LogP contribution in [0.25, 0.3) is 0 Å². The summed E-state index contributed by atoms with van der Waals surface area (Å²) in [5, 5.41) is 4.48. The molecule has 0 aliphatic rings. The van der Waals surface area contributed by atoms with Gasteiger partial charge in [-0.2, -0.15) is 0 Å². The number of nitrogens with two attached hydrogens (primary N) is 1. The number of para-hydroxylation sites is 1. The van der Waals surface area contributed by atoms with Gasteiger partial charge in [0.2, 0.25) is 0 Å². The first-order valence-electron chi connectivity index (χ1n) is 5.42. The molecule has 108 valence electrons. The van der Waals surface area contributed by atoms with Crippen LogP contribution in [0.1, 0.15) is 0 Å². The van der Waals surface area contributed by atoms with Gasteiger partial charge in [-0.05, 0) is 12.1 Å². The number of rotatable bonds is 6. The number of halogens is 3. The average Bonchev–Trinajstić information content (AvgIpc) is 2.34. The molecule has 2 amide bonds. The highest BCUT2D eigenvalue weighted by atomic mass is 35.5. The van der Waals surface area contributed by atoms with E-state index in [-0.39, 0.29) is 25.6 Å². The molecule has 4 N–H and O–H groups in total. The summed E-state index contributed by atoms with van der Waals surface area (Å²) >= 11 is 0. The number of hydrogen-bond donors (Lipinski definition) is 3. The number of urea groups is 1. The molecule has 0 spiro atoms. The third-order valence-corrected chi connectivity index (χ3v) is 2.00. The van der Waals surface area contributed by atoms with Crippen LogP contribution >= 0.6 is 12.4 Å². The molecule has 1 aromatic rings. The van der Waals surface area contributed by atoms with Gasteiger partial charge in [0.25, 0.3) is 0 Å². The molecule has 0 heterocycles. The Kier molecular flexibility index (Phi) is 8.77. The zero-order valence-corrected chi connectivity index (χ0v) is 10.9. The smallest absolute Gasteiger partial charge is 0.319 e. The van der Waals surface area contributed by atoms with E-state index in [0.717, 1.165) is 12.1 Å². The van der Waals surface area contributed by atoms with Crippen molar-refractivity contribution in [1.82, 2.24) is 5.32 Å². The molecule has 19 heavy (non-hydrogen) atoms. The summed E-state index contributed by atoms with van der Waals surface area (Å²) in [6, 6.07) is 2.64. The van der Waals surface area contributed by atoms with Gasteiger partial charge in [-0.25, -0.2) is 13.6 Å². The summed E-state index contributed by atoms with van der Waals surface area (Å²) in [4.78, 5) is 11.3. The minimum absolute atomic E-state index is 0. The third kappa shape index (κ3) is 6.32. The van der Waals surface area contributed by atoms with Gasteiger partial charge in [0.05, 0.1) is 13.2 Å². The van der Waals surface area contributed by atoms with Gasteiger partial charge in [-0.15, -0.1) is 12.4 Å². The number of carbonyl (C=O) groups is 1. The Labute approximate surface area is 115 Å². The van der Waals surface area contributed by atoms with Crippen molar-refractivity contribution < 1.29 is 18.3 Å². The lowest BCUT2D eigenvalue weighted by Crippen LogP contribution is -2.32. The predicted molar refractivity (Wildman–Crippen MR) is 70.5 cm³/mol. The number of anilines is 1. The van der Waals surface area contributed by atoms with Crippen molar-refractivity contribution in [2.75, 3.05) is 31.6 Å². The van der Waals surface area contributed by atoms with Crippen LogP contribution in [0.2, 0.25) is 0 Å². The molecule has 0 fully saturated rings. The second-order valence-corrected chi connectivity index (χ2v) is 3.38. The van der Waals surface area contributed by atoms with E-state index in [9.17, 15) is 13.6 Å². The molecule has 1 rings (SSSR count). The fourth-order valence-corrected chi connectivity index (χ4v) is 1.20. The van der Waals surface area contributed by atoms with Crippen LogP contribution in [-0.2, 0) is 4.74 Å². The fraction of sp³-hybridized carbons (Fsp3) is 0.364. The molecule has 0 unspecified atom stereocenters. The summed E-state index contributed by atoms with van der Waals surface area (Å²) < 4.78 is 31.4. The molecule has 0 atom stereocenters. The number of benzene rings is 1. The second-order valence-electron chi connectivity index (χ2n) is 3.38. The fourth-order valence-electron chi connectivity index (χ4n) is 1.20. The van der Waals surface area contributed by atoms with Crippen LogP contribution in [0.15, 0.2) is 18.2 Å². The Hall–Kier alpha value is -1.44. The average molecular weight is 296 g/mol. The van der Waals surface area contributed by atoms with Crippen molar-refractivity contribution in [2.45, 2.75) is 0 Å². The lowest BCUT2D eigenvalue weighted by atomic mass is 10.3. The molecule has 5 nitrogen and oxygen atoms in total. The summed E-state index contributed by atoms with van der Waals surface area (Å²) in [5.41, 5.74) is 4.72. The Morgan fingerprint density at radius 2 is 1.89 bits per heavy atom. The van der Waals surface area contributed by atoms with Crippen LogP contribution in [0, 0.1) is 11.6 Å². The van der Waals surface area contributed by atoms with Crippen LogP contribution in [0.4, 0.5) is 19.3 Å². The maximum Gasteiger partial charge on any atom is 0.319 e. The largest absolute Gasteiger partial charge is 0.378 e.